The van der Waals surface area contributed by atoms with Crippen molar-refractivity contribution in [2.24, 2.45) is 0 Å². The van der Waals surface area contributed by atoms with Crippen molar-refractivity contribution in [2.45, 2.75) is 0 Å². The molecule has 0 aromatic heterocycles. The third kappa shape index (κ3) is 3.06. The van der Waals surface area contributed by atoms with Crippen LogP contribution in [0.4, 0.5) is 11.4 Å². The maximum atomic E-state index is 13.4. The van der Waals surface area contributed by atoms with Gasteiger partial charge < -0.3 is 0 Å². The summed E-state index contributed by atoms with van der Waals surface area (Å²) < 4.78 is 0. The standard InChI is InChI=1S/C34H16N2O6/c37-33-22-8-2-1-7-21(22)31-30-18(6-4-10-25(30)33)14-26(32(31)36(41)42)19-13-17-5-3-9-24-29(17)28(15-19)27-16-20(35(39)40)11-12-23(27)34(24)38/h1-16H. The van der Waals surface area contributed by atoms with Gasteiger partial charge in [0.1, 0.15) is 0 Å². The van der Waals surface area contributed by atoms with E-state index in [9.17, 15) is 29.8 Å². The largest absolute Gasteiger partial charge is 0.289 e. The second-order valence-corrected chi connectivity index (χ2v) is 10.4. The molecule has 6 aromatic rings. The Morgan fingerprint density at radius 2 is 1.10 bits per heavy atom. The molecule has 2 aliphatic rings. The lowest BCUT2D eigenvalue weighted by molar-refractivity contribution is -0.384. The molecule has 0 heterocycles. The molecular weight excluding hydrogens is 532 g/mol. The predicted octanol–water partition coefficient (Wildman–Crippen LogP) is 7.90. The number of hydrogen-bond donors (Lipinski definition) is 0. The van der Waals surface area contributed by atoms with Crippen LogP contribution in [0.25, 0.3) is 54.9 Å². The van der Waals surface area contributed by atoms with Gasteiger partial charge in [-0.1, -0.05) is 60.7 Å². The van der Waals surface area contributed by atoms with Gasteiger partial charge in [0.05, 0.1) is 21.0 Å². The Labute approximate surface area is 236 Å². The van der Waals surface area contributed by atoms with Crippen LogP contribution in [0.2, 0.25) is 0 Å². The normalized spacial score (nSPS) is 12.8. The van der Waals surface area contributed by atoms with Gasteiger partial charge >= 0.3 is 0 Å². The second kappa shape index (κ2) is 8.25. The van der Waals surface area contributed by atoms with Crippen LogP contribution in [0.5, 0.6) is 0 Å². The number of nitro benzene ring substituents is 2. The number of ketones is 2. The van der Waals surface area contributed by atoms with Gasteiger partial charge in [-0.15, -0.1) is 0 Å². The van der Waals surface area contributed by atoms with Crippen LogP contribution in [0.15, 0.2) is 97.1 Å². The molecule has 0 atom stereocenters. The maximum Gasteiger partial charge on any atom is 0.285 e. The van der Waals surface area contributed by atoms with E-state index in [0.717, 1.165) is 0 Å². The van der Waals surface area contributed by atoms with Crippen molar-refractivity contribution in [2.75, 3.05) is 0 Å². The first-order valence-corrected chi connectivity index (χ1v) is 13.1. The number of non-ortho nitro benzene ring substituents is 1. The average molecular weight is 549 g/mol. The SMILES string of the molecule is O=C1c2ccc([N+](=O)[O-])cc2-c2cc(-c3cc4cccc5c4c(c3[N+](=O)[O-])-c3ccccc3C5=O)cc3cccc1c23. The van der Waals surface area contributed by atoms with Crippen molar-refractivity contribution in [1.82, 2.24) is 0 Å². The Morgan fingerprint density at radius 1 is 0.476 bits per heavy atom. The Bertz CT molecular complexity index is 2300. The van der Waals surface area contributed by atoms with Crippen molar-refractivity contribution in [3.8, 4) is 33.4 Å². The average Bonchev–Trinajstić information content (AvgIpc) is 3.00. The topological polar surface area (TPSA) is 120 Å². The third-order valence-electron chi connectivity index (χ3n) is 8.29. The molecule has 8 heteroatoms. The molecule has 0 fully saturated rings. The minimum Gasteiger partial charge on any atom is -0.289 e. The van der Waals surface area contributed by atoms with Crippen molar-refractivity contribution in [1.29, 1.82) is 0 Å². The van der Waals surface area contributed by atoms with E-state index in [-0.39, 0.29) is 22.9 Å². The summed E-state index contributed by atoms with van der Waals surface area (Å²) in [6, 6.07) is 26.9. The first-order valence-electron chi connectivity index (χ1n) is 13.1. The molecular formula is C34H16N2O6. The van der Waals surface area contributed by atoms with Gasteiger partial charge in [0, 0.05) is 56.3 Å². The Morgan fingerprint density at radius 3 is 1.79 bits per heavy atom. The quantitative estimate of drug-likeness (QED) is 0.163. The molecule has 0 spiro atoms. The van der Waals surface area contributed by atoms with E-state index in [0.29, 0.717) is 77.2 Å². The zero-order valence-corrected chi connectivity index (χ0v) is 21.6. The fourth-order valence-corrected chi connectivity index (χ4v) is 6.55. The first kappa shape index (κ1) is 23.8. The van der Waals surface area contributed by atoms with E-state index in [4.69, 9.17) is 0 Å². The number of rotatable bonds is 3. The summed E-state index contributed by atoms with van der Waals surface area (Å²) in [5.41, 5.74) is 4.05. The number of benzene rings is 6. The Kier molecular flexibility index (Phi) is 4.68. The molecule has 8 rings (SSSR count). The summed E-state index contributed by atoms with van der Waals surface area (Å²) in [5.74, 6) is -0.419. The van der Waals surface area contributed by atoms with E-state index in [1.807, 2.05) is 18.2 Å². The lowest BCUT2D eigenvalue weighted by Gasteiger charge is -2.23. The van der Waals surface area contributed by atoms with Crippen LogP contribution < -0.4 is 0 Å². The monoisotopic (exact) mass is 548 g/mol. The van der Waals surface area contributed by atoms with Crippen LogP contribution in [-0.4, -0.2) is 21.4 Å². The first-order chi connectivity index (χ1) is 20.3. The van der Waals surface area contributed by atoms with Gasteiger partial charge in [-0.25, -0.2) is 0 Å². The minimum absolute atomic E-state index is 0.135. The molecule has 0 unspecified atom stereocenters. The highest BCUT2D eigenvalue weighted by molar-refractivity contribution is 6.29. The molecule has 42 heavy (non-hydrogen) atoms. The highest BCUT2D eigenvalue weighted by Crippen LogP contribution is 2.50. The summed E-state index contributed by atoms with van der Waals surface area (Å²) in [6.45, 7) is 0. The van der Waals surface area contributed by atoms with Gasteiger partial charge in [-0.2, -0.15) is 0 Å². The molecule has 8 nitrogen and oxygen atoms in total. The van der Waals surface area contributed by atoms with Gasteiger partial charge in [0.2, 0.25) is 0 Å². The molecule has 0 saturated carbocycles. The van der Waals surface area contributed by atoms with E-state index < -0.39 is 9.85 Å². The van der Waals surface area contributed by atoms with Crippen LogP contribution >= 0.6 is 0 Å². The lowest BCUT2D eigenvalue weighted by Crippen LogP contribution is -2.12. The molecule has 0 N–H and O–H groups in total. The molecule has 0 bridgehead atoms. The minimum atomic E-state index is -0.512. The van der Waals surface area contributed by atoms with Crippen molar-refractivity contribution < 1.29 is 19.4 Å². The van der Waals surface area contributed by atoms with Crippen LogP contribution in [0.1, 0.15) is 31.8 Å². The van der Waals surface area contributed by atoms with Crippen LogP contribution in [0, 0.1) is 20.2 Å². The molecule has 6 aromatic carbocycles. The molecule has 198 valence electrons. The third-order valence-corrected chi connectivity index (χ3v) is 8.29. The molecule has 2 aliphatic carbocycles. The summed E-state index contributed by atoms with van der Waals surface area (Å²) >= 11 is 0. The van der Waals surface area contributed by atoms with Gasteiger partial charge in [-0.3, -0.25) is 29.8 Å². The van der Waals surface area contributed by atoms with E-state index >= 15 is 0 Å². The smallest absolute Gasteiger partial charge is 0.285 e. The number of carbonyl (C=O) groups is 2. The fraction of sp³-hybridized carbons (Fsp3) is 0. The molecule has 0 amide bonds. The van der Waals surface area contributed by atoms with E-state index in [2.05, 4.69) is 0 Å². The van der Waals surface area contributed by atoms with Gasteiger partial charge in [0.25, 0.3) is 11.4 Å². The summed E-state index contributed by atoms with van der Waals surface area (Å²) in [4.78, 5) is 50.4. The number of hydrogen-bond acceptors (Lipinski definition) is 6. The maximum absolute atomic E-state index is 13.4. The highest BCUT2D eigenvalue weighted by Gasteiger charge is 2.34. The molecule has 0 radical (unpaired) electrons. The predicted molar refractivity (Wildman–Crippen MR) is 158 cm³/mol. The highest BCUT2D eigenvalue weighted by atomic mass is 16.6. The molecule has 0 aliphatic heterocycles. The Balaban J connectivity index is 1.51. The fourth-order valence-electron chi connectivity index (χ4n) is 6.55. The number of nitro groups is 2. The van der Waals surface area contributed by atoms with Crippen LogP contribution in [0.3, 0.4) is 0 Å². The van der Waals surface area contributed by atoms with E-state index in [1.54, 1.807) is 60.7 Å². The zero-order chi connectivity index (χ0) is 28.9. The summed E-state index contributed by atoms with van der Waals surface area (Å²) in [7, 11) is 0. The second-order valence-electron chi connectivity index (χ2n) is 10.4. The molecule has 0 saturated heterocycles. The van der Waals surface area contributed by atoms with Crippen molar-refractivity contribution in [3.05, 3.63) is 140 Å². The zero-order valence-electron chi connectivity index (χ0n) is 21.6. The number of carbonyl (C=O) groups excluding carboxylic acids is 2. The number of nitrogens with zero attached hydrogens (tertiary/aromatic N) is 2. The Hall–Kier alpha value is -6.02. The van der Waals surface area contributed by atoms with Gasteiger partial charge in [0.15, 0.2) is 11.6 Å². The van der Waals surface area contributed by atoms with Crippen LogP contribution in [-0.2, 0) is 0 Å². The van der Waals surface area contributed by atoms with Crippen molar-refractivity contribution in [3.63, 3.8) is 0 Å². The summed E-state index contributed by atoms with van der Waals surface area (Å²) in [5, 5.41) is 27.1. The van der Waals surface area contributed by atoms with Crippen molar-refractivity contribution >= 4 is 44.5 Å². The number of fused-ring (bicyclic) bond motifs is 4. The summed E-state index contributed by atoms with van der Waals surface area (Å²) in [6.07, 6.45) is 0. The van der Waals surface area contributed by atoms with E-state index in [1.165, 1.54) is 18.2 Å². The van der Waals surface area contributed by atoms with Gasteiger partial charge in [-0.05, 0) is 46.2 Å². The lowest BCUT2D eigenvalue weighted by atomic mass is 9.78.